The Balaban J connectivity index is 1.67. The standard InChI is InChI=1S/C21H23N3O/c1-15-9-11-17(12-10-15)21(2,3)14-23-20(25)24-18-8-4-6-16-7-5-13-22-19(16)18/h4-13H,14H2,1-3H3,(H2,23,24,25). The van der Waals surface area contributed by atoms with E-state index in [-0.39, 0.29) is 11.4 Å². The summed E-state index contributed by atoms with van der Waals surface area (Å²) < 4.78 is 0. The van der Waals surface area contributed by atoms with Gasteiger partial charge in [-0.1, -0.05) is 61.9 Å². The molecule has 0 aliphatic rings. The number of para-hydroxylation sites is 1. The SMILES string of the molecule is Cc1ccc(C(C)(C)CNC(=O)Nc2cccc3cccnc23)cc1. The van der Waals surface area contributed by atoms with Gasteiger partial charge in [0.1, 0.15) is 0 Å². The number of pyridine rings is 1. The normalized spacial score (nSPS) is 11.3. The van der Waals surface area contributed by atoms with Gasteiger partial charge in [-0.3, -0.25) is 4.98 Å². The van der Waals surface area contributed by atoms with Crippen LogP contribution in [-0.2, 0) is 5.41 Å². The molecule has 0 spiro atoms. The average molecular weight is 333 g/mol. The number of hydrogen-bond acceptors (Lipinski definition) is 2. The second kappa shape index (κ2) is 6.93. The molecule has 0 bridgehead atoms. The van der Waals surface area contributed by atoms with Crippen LogP contribution in [0.5, 0.6) is 0 Å². The van der Waals surface area contributed by atoms with Crippen molar-refractivity contribution in [2.45, 2.75) is 26.2 Å². The third-order valence-corrected chi connectivity index (χ3v) is 4.40. The molecule has 4 heteroatoms. The molecule has 0 fully saturated rings. The van der Waals surface area contributed by atoms with E-state index in [9.17, 15) is 4.79 Å². The van der Waals surface area contributed by atoms with Crippen molar-refractivity contribution in [3.8, 4) is 0 Å². The molecule has 0 unspecified atom stereocenters. The van der Waals surface area contributed by atoms with Gasteiger partial charge in [-0.25, -0.2) is 4.79 Å². The van der Waals surface area contributed by atoms with E-state index < -0.39 is 0 Å². The third-order valence-electron chi connectivity index (χ3n) is 4.40. The van der Waals surface area contributed by atoms with E-state index in [0.717, 1.165) is 10.9 Å². The molecule has 128 valence electrons. The van der Waals surface area contributed by atoms with Gasteiger partial charge in [0, 0.05) is 23.5 Å². The van der Waals surface area contributed by atoms with E-state index in [1.54, 1.807) is 6.20 Å². The monoisotopic (exact) mass is 333 g/mol. The number of anilines is 1. The van der Waals surface area contributed by atoms with Crippen LogP contribution in [0, 0.1) is 6.92 Å². The minimum atomic E-state index is -0.224. The quantitative estimate of drug-likeness (QED) is 0.730. The fourth-order valence-corrected chi connectivity index (χ4v) is 2.78. The van der Waals surface area contributed by atoms with Crippen molar-refractivity contribution in [2.75, 3.05) is 11.9 Å². The number of urea groups is 1. The van der Waals surface area contributed by atoms with Crippen LogP contribution >= 0.6 is 0 Å². The maximum absolute atomic E-state index is 12.3. The van der Waals surface area contributed by atoms with Crippen molar-refractivity contribution in [2.24, 2.45) is 0 Å². The minimum Gasteiger partial charge on any atom is -0.337 e. The number of amides is 2. The number of carbonyl (C=O) groups excluding carboxylic acids is 1. The summed E-state index contributed by atoms with van der Waals surface area (Å²) in [5.74, 6) is 0. The fraction of sp³-hybridized carbons (Fsp3) is 0.238. The van der Waals surface area contributed by atoms with Gasteiger partial charge in [-0.2, -0.15) is 0 Å². The summed E-state index contributed by atoms with van der Waals surface area (Å²) in [5.41, 5.74) is 3.78. The molecule has 3 aromatic rings. The fourth-order valence-electron chi connectivity index (χ4n) is 2.78. The Labute approximate surface area is 148 Å². The first-order valence-electron chi connectivity index (χ1n) is 8.41. The lowest BCUT2D eigenvalue weighted by Crippen LogP contribution is -2.39. The molecule has 1 heterocycles. The predicted octanol–water partition coefficient (Wildman–Crippen LogP) is 4.64. The Bertz CT molecular complexity index is 880. The number of nitrogens with one attached hydrogen (secondary N) is 2. The van der Waals surface area contributed by atoms with Crippen molar-refractivity contribution in [1.82, 2.24) is 10.3 Å². The van der Waals surface area contributed by atoms with E-state index in [4.69, 9.17) is 0 Å². The molecule has 0 saturated carbocycles. The zero-order chi connectivity index (χ0) is 17.9. The van der Waals surface area contributed by atoms with Crippen molar-refractivity contribution in [3.05, 3.63) is 71.9 Å². The Morgan fingerprint density at radius 2 is 1.76 bits per heavy atom. The van der Waals surface area contributed by atoms with Gasteiger partial charge in [-0.05, 0) is 24.6 Å². The maximum Gasteiger partial charge on any atom is 0.319 e. The second-order valence-electron chi connectivity index (χ2n) is 6.94. The Kier molecular flexibility index (Phi) is 4.70. The highest BCUT2D eigenvalue weighted by Crippen LogP contribution is 2.23. The summed E-state index contributed by atoms with van der Waals surface area (Å²) in [6, 6.07) is 17.8. The first-order valence-corrected chi connectivity index (χ1v) is 8.41. The van der Waals surface area contributed by atoms with E-state index in [1.165, 1.54) is 11.1 Å². The van der Waals surface area contributed by atoms with Gasteiger partial charge in [0.05, 0.1) is 11.2 Å². The molecule has 0 radical (unpaired) electrons. The molecular weight excluding hydrogens is 310 g/mol. The molecule has 0 aliphatic carbocycles. The third kappa shape index (κ3) is 3.97. The summed E-state index contributed by atoms with van der Waals surface area (Å²) in [7, 11) is 0. The first-order chi connectivity index (χ1) is 12.0. The van der Waals surface area contributed by atoms with Gasteiger partial charge >= 0.3 is 6.03 Å². The summed E-state index contributed by atoms with van der Waals surface area (Å²) >= 11 is 0. The molecule has 0 atom stereocenters. The molecule has 2 amide bonds. The first kappa shape index (κ1) is 17.0. The van der Waals surface area contributed by atoms with Crippen LogP contribution < -0.4 is 10.6 Å². The van der Waals surface area contributed by atoms with E-state index >= 15 is 0 Å². The Morgan fingerprint density at radius 3 is 2.52 bits per heavy atom. The summed E-state index contributed by atoms with van der Waals surface area (Å²) in [5, 5.41) is 6.88. The molecule has 2 aromatic carbocycles. The van der Waals surface area contributed by atoms with Crippen LogP contribution in [0.4, 0.5) is 10.5 Å². The summed E-state index contributed by atoms with van der Waals surface area (Å²) in [6.07, 6.45) is 1.73. The molecule has 25 heavy (non-hydrogen) atoms. The van der Waals surface area contributed by atoms with Gasteiger partial charge < -0.3 is 10.6 Å². The minimum absolute atomic E-state index is 0.151. The van der Waals surface area contributed by atoms with Crippen LogP contribution in [-0.4, -0.2) is 17.6 Å². The number of nitrogens with zero attached hydrogens (tertiary/aromatic N) is 1. The number of rotatable bonds is 4. The maximum atomic E-state index is 12.3. The van der Waals surface area contributed by atoms with Crippen molar-refractivity contribution in [1.29, 1.82) is 0 Å². The van der Waals surface area contributed by atoms with E-state index in [1.807, 2.05) is 30.3 Å². The van der Waals surface area contributed by atoms with Gasteiger partial charge in [0.15, 0.2) is 0 Å². The van der Waals surface area contributed by atoms with Crippen LogP contribution in [0.3, 0.4) is 0 Å². The zero-order valence-corrected chi connectivity index (χ0v) is 14.8. The second-order valence-corrected chi connectivity index (χ2v) is 6.94. The number of aromatic nitrogens is 1. The number of carbonyl (C=O) groups is 1. The average Bonchev–Trinajstić information content (AvgIpc) is 2.61. The molecule has 0 saturated heterocycles. The molecular formula is C21H23N3O. The van der Waals surface area contributed by atoms with Crippen molar-refractivity contribution in [3.63, 3.8) is 0 Å². The Morgan fingerprint density at radius 1 is 1.04 bits per heavy atom. The van der Waals surface area contributed by atoms with Crippen LogP contribution in [0.25, 0.3) is 10.9 Å². The summed E-state index contributed by atoms with van der Waals surface area (Å²) in [4.78, 5) is 16.7. The molecule has 0 aliphatic heterocycles. The number of fused-ring (bicyclic) bond motifs is 1. The lowest BCUT2D eigenvalue weighted by Gasteiger charge is -2.26. The Hall–Kier alpha value is -2.88. The zero-order valence-electron chi connectivity index (χ0n) is 14.8. The summed E-state index contributed by atoms with van der Waals surface area (Å²) in [6.45, 7) is 6.86. The van der Waals surface area contributed by atoms with Crippen molar-refractivity contribution < 1.29 is 4.79 Å². The number of benzene rings is 2. The highest BCUT2D eigenvalue weighted by Gasteiger charge is 2.21. The highest BCUT2D eigenvalue weighted by molar-refractivity contribution is 5.99. The molecule has 2 N–H and O–H groups in total. The van der Waals surface area contributed by atoms with Crippen LogP contribution in [0.1, 0.15) is 25.0 Å². The van der Waals surface area contributed by atoms with Gasteiger partial charge in [0.25, 0.3) is 0 Å². The molecule has 4 nitrogen and oxygen atoms in total. The van der Waals surface area contributed by atoms with Gasteiger partial charge in [-0.15, -0.1) is 0 Å². The van der Waals surface area contributed by atoms with Crippen LogP contribution in [0.15, 0.2) is 60.8 Å². The van der Waals surface area contributed by atoms with E-state index in [2.05, 4.69) is 60.7 Å². The highest BCUT2D eigenvalue weighted by atomic mass is 16.2. The molecule has 1 aromatic heterocycles. The largest absolute Gasteiger partial charge is 0.337 e. The van der Waals surface area contributed by atoms with Crippen molar-refractivity contribution >= 4 is 22.6 Å². The predicted molar refractivity (Wildman–Crippen MR) is 103 cm³/mol. The lowest BCUT2D eigenvalue weighted by molar-refractivity contribution is 0.249. The smallest absolute Gasteiger partial charge is 0.319 e. The number of aryl methyl sites for hydroxylation is 1. The van der Waals surface area contributed by atoms with Gasteiger partial charge in [0.2, 0.25) is 0 Å². The van der Waals surface area contributed by atoms with Crippen LogP contribution in [0.2, 0.25) is 0 Å². The lowest BCUT2D eigenvalue weighted by atomic mass is 9.84. The van der Waals surface area contributed by atoms with E-state index in [0.29, 0.717) is 12.2 Å². The number of hydrogen-bond donors (Lipinski definition) is 2. The topological polar surface area (TPSA) is 54.0 Å². The molecule has 3 rings (SSSR count).